The third kappa shape index (κ3) is 2.77. The van der Waals surface area contributed by atoms with E-state index in [0.29, 0.717) is 12.5 Å². The summed E-state index contributed by atoms with van der Waals surface area (Å²) in [5, 5.41) is 3.24. The maximum Gasteiger partial charge on any atom is 0.238 e. The van der Waals surface area contributed by atoms with Gasteiger partial charge in [-0.3, -0.25) is 0 Å². The summed E-state index contributed by atoms with van der Waals surface area (Å²) < 4.78 is 5.47. The summed E-state index contributed by atoms with van der Waals surface area (Å²) in [6, 6.07) is 3.92. The van der Waals surface area contributed by atoms with Gasteiger partial charge < -0.3 is 10.1 Å². The molecule has 2 rings (SSSR count). The van der Waals surface area contributed by atoms with Gasteiger partial charge in [0.15, 0.2) is 0 Å². The number of aromatic nitrogens is 1. The Kier molecular flexibility index (Phi) is 2.88. The lowest BCUT2D eigenvalue weighted by atomic mass is 10.3. The topological polar surface area (TPSA) is 34.1 Å². The molecule has 0 unspecified atom stereocenters. The maximum absolute atomic E-state index is 5.47. The Morgan fingerprint density at radius 2 is 2.19 bits per heavy atom. The minimum absolute atomic E-state index is 0.672. The normalized spacial score (nSPS) is 13.9. The number of anilines is 1. The average Bonchev–Trinajstić information content (AvgIpc) is 2.25. The fraction of sp³-hybridized carbons (Fsp3) is 0.417. The Labute approximate surface area is 97.2 Å². The van der Waals surface area contributed by atoms with Gasteiger partial charge in [0.1, 0.15) is 20.4 Å². The van der Waals surface area contributed by atoms with E-state index in [1.807, 2.05) is 12.1 Å². The van der Waals surface area contributed by atoms with Gasteiger partial charge in [0.25, 0.3) is 0 Å². The monoisotopic (exact) mass is 232 g/mol. The molecule has 0 atom stereocenters. The number of rotatable bonds is 0. The van der Waals surface area contributed by atoms with Crippen molar-refractivity contribution in [2.45, 2.75) is 19.6 Å². The number of fused-ring (bicyclic) bond motifs is 1. The van der Waals surface area contributed by atoms with E-state index in [1.165, 1.54) is 0 Å². The molecule has 0 saturated carbocycles. The van der Waals surface area contributed by atoms with Crippen molar-refractivity contribution in [3.05, 3.63) is 17.8 Å². The maximum atomic E-state index is 5.47. The second-order valence-corrected chi connectivity index (χ2v) is 9.57. The summed E-state index contributed by atoms with van der Waals surface area (Å²) in [7, 11) is -1.33. The highest BCUT2D eigenvalue weighted by atomic mass is 28.3. The molecular formula is C12H16N2OSi. The first-order valence-corrected chi connectivity index (χ1v) is 8.95. The molecule has 16 heavy (non-hydrogen) atoms. The van der Waals surface area contributed by atoms with E-state index in [0.717, 1.165) is 17.9 Å². The van der Waals surface area contributed by atoms with Crippen molar-refractivity contribution in [1.82, 2.24) is 4.98 Å². The van der Waals surface area contributed by atoms with Gasteiger partial charge in [0, 0.05) is 6.54 Å². The van der Waals surface area contributed by atoms with Gasteiger partial charge >= 0.3 is 0 Å². The van der Waals surface area contributed by atoms with Crippen molar-refractivity contribution in [3.63, 3.8) is 0 Å². The molecule has 0 saturated heterocycles. The zero-order chi connectivity index (χ0) is 11.6. The molecule has 1 aromatic heterocycles. The zero-order valence-corrected chi connectivity index (χ0v) is 10.9. The zero-order valence-electron chi connectivity index (χ0n) is 9.92. The summed E-state index contributed by atoms with van der Waals surface area (Å²) in [6.45, 7) is 8.17. The molecule has 2 heterocycles. The van der Waals surface area contributed by atoms with Gasteiger partial charge in [-0.2, -0.15) is 0 Å². The van der Waals surface area contributed by atoms with Crippen LogP contribution in [0.1, 0.15) is 5.69 Å². The van der Waals surface area contributed by atoms with Gasteiger partial charge in [-0.05, 0) is 12.1 Å². The van der Waals surface area contributed by atoms with Crippen LogP contribution in [0, 0.1) is 11.5 Å². The molecule has 1 N–H and O–H groups in total. The lowest BCUT2D eigenvalue weighted by molar-refractivity contribution is 0.310. The largest absolute Gasteiger partial charge is 0.474 e. The highest BCUT2D eigenvalue weighted by molar-refractivity contribution is 6.83. The quantitative estimate of drug-likeness (QED) is 0.549. The van der Waals surface area contributed by atoms with E-state index in [-0.39, 0.29) is 0 Å². The highest BCUT2D eigenvalue weighted by Crippen LogP contribution is 2.24. The molecule has 0 aromatic carbocycles. The van der Waals surface area contributed by atoms with Crippen molar-refractivity contribution in [2.24, 2.45) is 0 Å². The molecule has 84 valence electrons. The first-order chi connectivity index (χ1) is 7.54. The van der Waals surface area contributed by atoms with Crippen molar-refractivity contribution >= 4 is 13.8 Å². The molecular weight excluding hydrogens is 216 g/mol. The van der Waals surface area contributed by atoms with Crippen LogP contribution >= 0.6 is 0 Å². The Balaban J connectivity index is 2.26. The van der Waals surface area contributed by atoms with Crippen LogP contribution in [-0.2, 0) is 0 Å². The number of hydrogen-bond donors (Lipinski definition) is 1. The Bertz CT molecular complexity index is 454. The van der Waals surface area contributed by atoms with Crippen LogP contribution in [0.4, 0.5) is 5.69 Å². The summed E-state index contributed by atoms with van der Waals surface area (Å²) >= 11 is 0. The van der Waals surface area contributed by atoms with Gasteiger partial charge in [-0.15, -0.1) is 5.54 Å². The molecule has 1 aliphatic rings. The van der Waals surface area contributed by atoms with Crippen molar-refractivity contribution in [1.29, 1.82) is 0 Å². The lowest BCUT2D eigenvalue weighted by Gasteiger charge is -2.17. The standard InChI is InChI=1S/C12H16N2OSi/c1-16(2,3)9-6-10-4-5-11-12(14-10)15-8-7-13-11/h4-5,13H,7-8H2,1-3H3. The summed E-state index contributed by atoms with van der Waals surface area (Å²) in [5.41, 5.74) is 5.05. The molecule has 4 heteroatoms. The molecule has 1 aromatic rings. The van der Waals surface area contributed by atoms with E-state index in [4.69, 9.17) is 4.74 Å². The van der Waals surface area contributed by atoms with Crippen LogP contribution in [0.5, 0.6) is 5.88 Å². The number of ether oxygens (including phenoxy) is 1. The van der Waals surface area contributed by atoms with Crippen LogP contribution in [-0.4, -0.2) is 26.2 Å². The predicted octanol–water partition coefficient (Wildman–Crippen LogP) is 2.11. The molecule has 0 spiro atoms. The van der Waals surface area contributed by atoms with Crippen molar-refractivity contribution < 1.29 is 4.74 Å². The fourth-order valence-electron chi connectivity index (χ4n) is 1.34. The van der Waals surface area contributed by atoms with E-state index in [9.17, 15) is 0 Å². The van der Waals surface area contributed by atoms with Gasteiger partial charge in [0.2, 0.25) is 5.88 Å². The number of nitrogens with zero attached hydrogens (tertiary/aromatic N) is 1. The summed E-state index contributed by atoms with van der Waals surface area (Å²) in [4.78, 5) is 4.38. The number of nitrogens with one attached hydrogen (secondary N) is 1. The molecule has 1 aliphatic heterocycles. The SMILES string of the molecule is C[Si](C)(C)C#Cc1ccc2c(n1)OCCN2. The van der Waals surface area contributed by atoms with Crippen LogP contribution in [0.15, 0.2) is 12.1 Å². The van der Waals surface area contributed by atoms with E-state index < -0.39 is 8.07 Å². The highest BCUT2D eigenvalue weighted by Gasteiger charge is 2.11. The van der Waals surface area contributed by atoms with Crippen LogP contribution in [0.3, 0.4) is 0 Å². The second-order valence-electron chi connectivity index (χ2n) is 4.82. The molecule has 3 nitrogen and oxygen atoms in total. The smallest absolute Gasteiger partial charge is 0.238 e. The van der Waals surface area contributed by atoms with Crippen LogP contribution in [0.25, 0.3) is 0 Å². The van der Waals surface area contributed by atoms with Crippen molar-refractivity contribution in [2.75, 3.05) is 18.5 Å². The molecule has 0 bridgehead atoms. The van der Waals surface area contributed by atoms with Crippen LogP contribution < -0.4 is 10.1 Å². The Hall–Kier alpha value is -1.47. The second kappa shape index (κ2) is 4.18. The van der Waals surface area contributed by atoms with E-state index in [2.05, 4.69) is 41.4 Å². The first-order valence-electron chi connectivity index (χ1n) is 5.45. The number of hydrogen-bond acceptors (Lipinski definition) is 3. The predicted molar refractivity (Wildman–Crippen MR) is 68.4 cm³/mol. The van der Waals surface area contributed by atoms with Gasteiger partial charge in [0.05, 0.1) is 5.69 Å². The Morgan fingerprint density at radius 1 is 1.38 bits per heavy atom. The van der Waals surface area contributed by atoms with Gasteiger partial charge in [-0.25, -0.2) is 4.98 Å². The first kappa shape index (κ1) is 11.0. The number of pyridine rings is 1. The third-order valence-electron chi connectivity index (χ3n) is 2.08. The van der Waals surface area contributed by atoms with E-state index in [1.54, 1.807) is 0 Å². The molecule has 0 radical (unpaired) electrons. The molecule has 0 aliphatic carbocycles. The lowest BCUT2D eigenvalue weighted by Crippen LogP contribution is -2.19. The Morgan fingerprint density at radius 3 is 2.94 bits per heavy atom. The van der Waals surface area contributed by atoms with Crippen molar-refractivity contribution in [3.8, 4) is 17.3 Å². The summed E-state index contributed by atoms with van der Waals surface area (Å²) in [6.07, 6.45) is 0. The molecule has 0 amide bonds. The van der Waals surface area contributed by atoms with Gasteiger partial charge in [-0.1, -0.05) is 25.6 Å². The van der Waals surface area contributed by atoms with Crippen LogP contribution in [0.2, 0.25) is 19.6 Å². The minimum Gasteiger partial charge on any atom is -0.474 e. The average molecular weight is 232 g/mol. The third-order valence-corrected chi connectivity index (χ3v) is 2.96. The van der Waals surface area contributed by atoms with E-state index >= 15 is 0 Å². The minimum atomic E-state index is -1.33. The molecule has 0 fully saturated rings. The fourth-order valence-corrected chi connectivity index (χ4v) is 1.84. The summed E-state index contributed by atoms with van der Waals surface area (Å²) in [5.74, 6) is 3.80.